The van der Waals surface area contributed by atoms with Crippen LogP contribution in [-0.4, -0.2) is 12.8 Å². The van der Waals surface area contributed by atoms with Crippen LogP contribution in [0.5, 0.6) is 0 Å². The lowest BCUT2D eigenvalue weighted by atomic mass is 10.1. The lowest BCUT2D eigenvalue weighted by molar-refractivity contribution is 0.110. The van der Waals surface area contributed by atoms with Crippen molar-refractivity contribution in [2.75, 3.05) is 11.9 Å². The number of hydrogen-bond acceptors (Lipinski definition) is 3. The highest BCUT2D eigenvalue weighted by atomic mass is 79.9. The van der Waals surface area contributed by atoms with Gasteiger partial charge in [-0.15, -0.1) is 0 Å². The Balaban J connectivity index is 2.48. The van der Waals surface area contributed by atoms with Gasteiger partial charge in [0.25, 0.3) is 0 Å². The molecule has 3 nitrogen and oxygen atoms in total. The fourth-order valence-electron chi connectivity index (χ4n) is 1.63. The van der Waals surface area contributed by atoms with Gasteiger partial charge in [-0.25, -0.2) is 0 Å². The molecule has 4 heteroatoms. The SMILES string of the molecule is CCNc1ccc(Br)cc1-c1ccc(C=O)o1. The van der Waals surface area contributed by atoms with E-state index in [9.17, 15) is 4.79 Å². The van der Waals surface area contributed by atoms with Crippen molar-refractivity contribution in [3.63, 3.8) is 0 Å². The van der Waals surface area contributed by atoms with Gasteiger partial charge in [0.05, 0.1) is 0 Å². The minimum atomic E-state index is 0.336. The van der Waals surface area contributed by atoms with Crippen LogP contribution in [0.3, 0.4) is 0 Å². The van der Waals surface area contributed by atoms with Crippen molar-refractivity contribution in [3.05, 3.63) is 40.6 Å². The van der Waals surface area contributed by atoms with Crippen LogP contribution < -0.4 is 5.32 Å². The lowest BCUT2D eigenvalue weighted by Gasteiger charge is -2.09. The van der Waals surface area contributed by atoms with Crippen molar-refractivity contribution < 1.29 is 9.21 Å². The van der Waals surface area contributed by atoms with Crippen molar-refractivity contribution >= 4 is 27.9 Å². The molecule has 0 unspecified atom stereocenters. The molecule has 0 saturated carbocycles. The summed E-state index contributed by atoms with van der Waals surface area (Å²) in [5.74, 6) is 1.02. The molecule has 2 aromatic rings. The molecule has 0 fully saturated rings. The summed E-state index contributed by atoms with van der Waals surface area (Å²) in [4.78, 5) is 10.6. The first-order valence-corrected chi connectivity index (χ1v) is 6.12. The molecule has 0 saturated heterocycles. The van der Waals surface area contributed by atoms with Crippen LogP contribution in [0.4, 0.5) is 5.69 Å². The monoisotopic (exact) mass is 293 g/mol. The second kappa shape index (κ2) is 5.19. The lowest BCUT2D eigenvalue weighted by Crippen LogP contribution is -1.98. The minimum absolute atomic E-state index is 0.336. The van der Waals surface area contributed by atoms with E-state index in [2.05, 4.69) is 21.2 Å². The van der Waals surface area contributed by atoms with Gasteiger partial charge in [-0.3, -0.25) is 4.79 Å². The van der Waals surface area contributed by atoms with Gasteiger partial charge in [-0.1, -0.05) is 15.9 Å². The van der Waals surface area contributed by atoms with Gasteiger partial charge in [-0.05, 0) is 37.3 Å². The van der Waals surface area contributed by atoms with Crippen molar-refractivity contribution in [3.8, 4) is 11.3 Å². The molecule has 0 radical (unpaired) electrons. The average molecular weight is 294 g/mol. The van der Waals surface area contributed by atoms with E-state index in [1.165, 1.54) is 0 Å². The normalized spacial score (nSPS) is 10.2. The summed E-state index contributed by atoms with van der Waals surface area (Å²) in [5, 5.41) is 3.26. The highest BCUT2D eigenvalue weighted by molar-refractivity contribution is 9.10. The molecule has 88 valence electrons. The minimum Gasteiger partial charge on any atom is -0.453 e. The number of hydrogen-bond donors (Lipinski definition) is 1. The maximum Gasteiger partial charge on any atom is 0.185 e. The first-order chi connectivity index (χ1) is 8.24. The molecule has 1 heterocycles. The maximum absolute atomic E-state index is 10.6. The van der Waals surface area contributed by atoms with E-state index in [-0.39, 0.29) is 0 Å². The summed E-state index contributed by atoms with van der Waals surface area (Å²) in [6.45, 7) is 2.86. The Bertz CT molecular complexity index is 534. The van der Waals surface area contributed by atoms with Gasteiger partial charge in [0.2, 0.25) is 0 Å². The summed E-state index contributed by atoms with van der Waals surface area (Å²) < 4.78 is 6.40. The summed E-state index contributed by atoms with van der Waals surface area (Å²) >= 11 is 3.43. The molecule has 0 aliphatic heterocycles. The zero-order valence-electron chi connectivity index (χ0n) is 9.37. The number of furan rings is 1. The molecular weight excluding hydrogens is 282 g/mol. The Morgan fingerprint density at radius 3 is 2.82 bits per heavy atom. The van der Waals surface area contributed by atoms with Crippen LogP contribution in [0.15, 0.2) is 39.2 Å². The molecule has 0 aliphatic carbocycles. The van der Waals surface area contributed by atoms with Crippen molar-refractivity contribution in [2.45, 2.75) is 6.92 Å². The molecular formula is C13H12BrNO2. The van der Waals surface area contributed by atoms with Crippen LogP contribution >= 0.6 is 15.9 Å². The number of rotatable bonds is 4. The molecule has 1 aromatic carbocycles. The number of halogens is 1. The van der Waals surface area contributed by atoms with Gasteiger partial charge in [0.1, 0.15) is 5.76 Å². The van der Waals surface area contributed by atoms with Gasteiger partial charge in [0.15, 0.2) is 12.0 Å². The van der Waals surface area contributed by atoms with E-state index in [0.717, 1.165) is 22.3 Å². The molecule has 0 bridgehead atoms. The molecule has 1 N–H and O–H groups in total. The van der Waals surface area contributed by atoms with Gasteiger partial charge < -0.3 is 9.73 Å². The highest BCUT2D eigenvalue weighted by Crippen LogP contribution is 2.31. The molecule has 2 rings (SSSR count). The maximum atomic E-state index is 10.6. The van der Waals surface area contributed by atoms with Crippen LogP contribution in [0.2, 0.25) is 0 Å². The second-order valence-electron chi connectivity index (χ2n) is 3.54. The Morgan fingerprint density at radius 2 is 2.18 bits per heavy atom. The van der Waals surface area contributed by atoms with E-state index in [1.807, 2.05) is 25.1 Å². The Hall–Kier alpha value is -1.55. The number of benzene rings is 1. The smallest absolute Gasteiger partial charge is 0.185 e. The third kappa shape index (κ3) is 2.58. The predicted molar refractivity (Wildman–Crippen MR) is 71.4 cm³/mol. The molecule has 1 aromatic heterocycles. The molecule has 0 aliphatic rings. The number of carbonyl (C=O) groups excluding carboxylic acids is 1. The van der Waals surface area contributed by atoms with Crippen LogP contribution in [0.25, 0.3) is 11.3 Å². The average Bonchev–Trinajstić information content (AvgIpc) is 2.80. The number of carbonyl (C=O) groups is 1. The van der Waals surface area contributed by atoms with Gasteiger partial charge >= 0.3 is 0 Å². The molecule has 0 atom stereocenters. The topological polar surface area (TPSA) is 42.2 Å². The standard InChI is InChI=1S/C13H12BrNO2/c1-2-15-12-5-3-9(14)7-11(12)13-6-4-10(8-16)17-13/h3-8,15H,2H2,1H3. The zero-order chi connectivity index (χ0) is 12.3. The van der Waals surface area contributed by atoms with E-state index in [4.69, 9.17) is 4.42 Å². The van der Waals surface area contributed by atoms with Crippen molar-refractivity contribution in [1.82, 2.24) is 0 Å². The third-order valence-electron chi connectivity index (χ3n) is 2.36. The first kappa shape index (κ1) is 11.9. The molecule has 0 amide bonds. The highest BCUT2D eigenvalue weighted by Gasteiger charge is 2.09. The van der Waals surface area contributed by atoms with Crippen molar-refractivity contribution in [2.24, 2.45) is 0 Å². The predicted octanol–water partition coefficient (Wildman–Crippen LogP) is 3.95. The summed E-state index contributed by atoms with van der Waals surface area (Å²) in [6.07, 6.45) is 0.703. The molecule has 17 heavy (non-hydrogen) atoms. The van der Waals surface area contributed by atoms with Crippen LogP contribution in [0.1, 0.15) is 17.5 Å². The fraction of sp³-hybridized carbons (Fsp3) is 0.154. The van der Waals surface area contributed by atoms with E-state index in [0.29, 0.717) is 17.8 Å². The number of aldehydes is 1. The Labute approximate surface area is 108 Å². The summed E-state index contributed by atoms with van der Waals surface area (Å²) in [5.41, 5.74) is 1.93. The van der Waals surface area contributed by atoms with E-state index >= 15 is 0 Å². The summed E-state index contributed by atoms with van der Waals surface area (Å²) in [6, 6.07) is 9.37. The first-order valence-electron chi connectivity index (χ1n) is 5.33. The zero-order valence-corrected chi connectivity index (χ0v) is 11.0. The largest absolute Gasteiger partial charge is 0.453 e. The van der Waals surface area contributed by atoms with E-state index in [1.54, 1.807) is 12.1 Å². The van der Waals surface area contributed by atoms with Crippen molar-refractivity contribution in [1.29, 1.82) is 0 Å². The fourth-order valence-corrected chi connectivity index (χ4v) is 1.99. The molecule has 0 spiro atoms. The third-order valence-corrected chi connectivity index (χ3v) is 2.85. The quantitative estimate of drug-likeness (QED) is 0.868. The van der Waals surface area contributed by atoms with Crippen LogP contribution in [0, 0.1) is 0 Å². The Morgan fingerprint density at radius 1 is 1.35 bits per heavy atom. The van der Waals surface area contributed by atoms with Crippen LogP contribution in [-0.2, 0) is 0 Å². The second-order valence-corrected chi connectivity index (χ2v) is 4.46. The summed E-state index contributed by atoms with van der Waals surface area (Å²) in [7, 11) is 0. The number of anilines is 1. The van der Waals surface area contributed by atoms with Gasteiger partial charge in [-0.2, -0.15) is 0 Å². The number of nitrogens with one attached hydrogen (secondary N) is 1. The Kier molecular flexibility index (Phi) is 3.64. The van der Waals surface area contributed by atoms with E-state index < -0.39 is 0 Å². The van der Waals surface area contributed by atoms with Gasteiger partial charge in [0, 0.05) is 22.3 Å².